The molecule has 1 aliphatic carbocycles. The summed E-state index contributed by atoms with van der Waals surface area (Å²) < 4.78 is 45.0. The van der Waals surface area contributed by atoms with E-state index in [1.807, 2.05) is 0 Å². The molecule has 0 unspecified atom stereocenters. The molecule has 4 nitrogen and oxygen atoms in total. The minimum Gasteiger partial charge on any atom is -0.227 e. The van der Waals surface area contributed by atoms with Crippen molar-refractivity contribution in [3.05, 3.63) is 0 Å². The van der Waals surface area contributed by atoms with E-state index < -0.39 is 39.9 Å². The van der Waals surface area contributed by atoms with Gasteiger partial charge in [-0.1, -0.05) is 0 Å². The molecule has 0 amide bonds. The number of alkyl halides is 2. The topological polar surface area (TPSA) is 68.3 Å². The Morgan fingerprint density at radius 2 is 1.12 bits per heavy atom. The fourth-order valence-electron chi connectivity index (χ4n) is 3.56. The molecule has 3 rings (SSSR count). The van der Waals surface area contributed by atoms with Gasteiger partial charge in [-0.25, -0.2) is 16.8 Å². The smallest absolute Gasteiger partial charge is 0.168 e. The zero-order valence-electron chi connectivity index (χ0n) is 8.19. The SMILES string of the molecule is O=S1(=O)C[C@]23CC[C@]2(CS(=O)(=O)[C@H]3Cl)[C@@H]1Cl. The van der Waals surface area contributed by atoms with Gasteiger partial charge >= 0.3 is 0 Å². The van der Waals surface area contributed by atoms with Crippen molar-refractivity contribution in [2.24, 2.45) is 10.8 Å². The molecule has 0 aromatic heterocycles. The average molecular weight is 305 g/mol. The van der Waals surface area contributed by atoms with E-state index in [0.717, 1.165) is 0 Å². The summed E-state index contributed by atoms with van der Waals surface area (Å²) in [5.41, 5.74) is -1.64. The van der Waals surface area contributed by atoms with E-state index >= 15 is 0 Å². The Kier molecular flexibility index (Phi) is 1.97. The highest BCUT2D eigenvalue weighted by molar-refractivity contribution is 7.95. The lowest BCUT2D eigenvalue weighted by atomic mass is 9.53. The fourth-order valence-corrected chi connectivity index (χ4v) is 10.3. The van der Waals surface area contributed by atoms with Gasteiger partial charge in [0.05, 0.1) is 11.5 Å². The second-order valence-electron chi connectivity index (χ2n) is 5.06. The van der Waals surface area contributed by atoms with Crippen LogP contribution in [0.1, 0.15) is 12.8 Å². The first-order chi connectivity index (χ1) is 7.18. The zero-order valence-corrected chi connectivity index (χ0v) is 11.3. The van der Waals surface area contributed by atoms with Crippen molar-refractivity contribution in [2.45, 2.75) is 22.3 Å². The van der Waals surface area contributed by atoms with Crippen molar-refractivity contribution in [1.29, 1.82) is 0 Å². The molecule has 2 saturated heterocycles. The molecular formula is C8H10Cl2O4S2. The van der Waals surface area contributed by atoms with Gasteiger partial charge < -0.3 is 0 Å². The molecule has 1 saturated carbocycles. The third-order valence-electron chi connectivity index (χ3n) is 4.43. The lowest BCUT2D eigenvalue weighted by Gasteiger charge is -2.50. The first-order valence-corrected chi connectivity index (χ1v) is 9.20. The van der Waals surface area contributed by atoms with E-state index in [1.54, 1.807) is 0 Å². The summed E-state index contributed by atoms with van der Waals surface area (Å²) in [5.74, 6) is -0.358. The molecule has 0 spiro atoms. The number of halogens is 2. The van der Waals surface area contributed by atoms with Crippen molar-refractivity contribution in [3.63, 3.8) is 0 Å². The van der Waals surface area contributed by atoms with Gasteiger partial charge in [0.25, 0.3) is 0 Å². The molecular weight excluding hydrogens is 295 g/mol. The molecule has 3 fully saturated rings. The van der Waals surface area contributed by atoms with E-state index in [1.165, 1.54) is 0 Å². The maximum Gasteiger partial charge on any atom is 0.168 e. The standard InChI is InChI=1S/C8H10Cl2O4S2/c9-5-7-1-2-8(7,4-16(5,13)14)6(10)15(11,12)3-7/h5-6H,1-4H2/t5-,6-,7+,8+/m1/s1. The predicted molar refractivity (Wildman–Crippen MR) is 61.0 cm³/mol. The molecule has 0 N–H and O–H groups in total. The molecule has 92 valence electrons. The summed E-state index contributed by atoms with van der Waals surface area (Å²) in [6, 6.07) is 0. The summed E-state index contributed by atoms with van der Waals surface area (Å²) in [7, 11) is -6.81. The van der Waals surface area contributed by atoms with Crippen LogP contribution in [0, 0.1) is 10.8 Å². The van der Waals surface area contributed by atoms with E-state index in [0.29, 0.717) is 12.8 Å². The van der Waals surface area contributed by atoms with Crippen LogP contribution in [0.5, 0.6) is 0 Å². The Labute approximate surface area is 104 Å². The fraction of sp³-hybridized carbons (Fsp3) is 1.00. The molecule has 2 aliphatic heterocycles. The van der Waals surface area contributed by atoms with Gasteiger partial charge in [0.15, 0.2) is 19.7 Å². The van der Waals surface area contributed by atoms with Crippen LogP contribution in [0.2, 0.25) is 0 Å². The van der Waals surface area contributed by atoms with Crippen LogP contribution in [-0.4, -0.2) is 37.8 Å². The first-order valence-electron chi connectivity index (χ1n) is 4.89. The third-order valence-corrected chi connectivity index (χ3v) is 10.9. The van der Waals surface area contributed by atoms with Crippen LogP contribution >= 0.6 is 23.2 Å². The number of hydrogen-bond acceptors (Lipinski definition) is 4. The quantitative estimate of drug-likeness (QED) is 0.619. The van der Waals surface area contributed by atoms with Crippen molar-refractivity contribution in [2.75, 3.05) is 11.5 Å². The minimum absolute atomic E-state index is 0.179. The lowest BCUT2D eigenvalue weighted by molar-refractivity contribution is 0.00939. The van der Waals surface area contributed by atoms with Crippen LogP contribution in [-0.2, 0) is 19.7 Å². The molecule has 16 heavy (non-hydrogen) atoms. The summed E-state index contributed by atoms with van der Waals surface area (Å²) in [4.78, 5) is 0. The minimum atomic E-state index is -3.41. The van der Waals surface area contributed by atoms with Crippen molar-refractivity contribution >= 4 is 42.9 Å². The molecule has 2 heterocycles. The third kappa shape index (κ3) is 0.955. The first kappa shape index (κ1) is 11.6. The van der Waals surface area contributed by atoms with Crippen LogP contribution in [0.25, 0.3) is 0 Å². The van der Waals surface area contributed by atoms with Crippen LogP contribution in [0.3, 0.4) is 0 Å². The Morgan fingerprint density at radius 1 is 0.812 bits per heavy atom. The highest BCUT2D eigenvalue weighted by Crippen LogP contribution is 2.73. The van der Waals surface area contributed by atoms with Crippen molar-refractivity contribution in [3.8, 4) is 0 Å². The molecule has 0 radical (unpaired) electrons. The monoisotopic (exact) mass is 304 g/mol. The molecule has 0 bridgehead atoms. The Balaban J connectivity index is 2.25. The molecule has 4 atom stereocenters. The maximum atomic E-state index is 11.8. The van der Waals surface area contributed by atoms with Gasteiger partial charge in [-0.15, -0.1) is 23.2 Å². The highest BCUT2D eigenvalue weighted by Gasteiger charge is 2.80. The van der Waals surface area contributed by atoms with Gasteiger partial charge in [0.1, 0.15) is 9.42 Å². The summed E-state index contributed by atoms with van der Waals surface area (Å²) in [6.45, 7) is 0. The van der Waals surface area contributed by atoms with Gasteiger partial charge in [-0.05, 0) is 12.8 Å². The van der Waals surface area contributed by atoms with Crippen molar-refractivity contribution in [1.82, 2.24) is 0 Å². The second kappa shape index (κ2) is 2.73. The van der Waals surface area contributed by atoms with Crippen LogP contribution in [0.15, 0.2) is 0 Å². The van der Waals surface area contributed by atoms with Gasteiger partial charge in [0, 0.05) is 10.8 Å². The molecule has 8 heteroatoms. The number of rotatable bonds is 0. The van der Waals surface area contributed by atoms with Crippen molar-refractivity contribution < 1.29 is 16.8 Å². The largest absolute Gasteiger partial charge is 0.227 e. The van der Waals surface area contributed by atoms with E-state index in [2.05, 4.69) is 0 Å². The molecule has 0 aromatic rings. The van der Waals surface area contributed by atoms with Crippen LogP contribution in [0.4, 0.5) is 0 Å². The summed E-state index contributed by atoms with van der Waals surface area (Å²) >= 11 is 11.9. The maximum absolute atomic E-state index is 11.8. The number of sulfone groups is 2. The zero-order chi connectivity index (χ0) is 12.0. The molecule has 3 aliphatic rings. The van der Waals surface area contributed by atoms with Crippen LogP contribution < -0.4 is 0 Å². The highest BCUT2D eigenvalue weighted by atomic mass is 35.5. The Hall–Kier alpha value is 0.480. The second-order valence-corrected chi connectivity index (χ2v) is 10.6. The Morgan fingerprint density at radius 3 is 1.38 bits per heavy atom. The number of hydrogen-bond donors (Lipinski definition) is 0. The van der Waals surface area contributed by atoms with Gasteiger partial charge in [-0.3, -0.25) is 0 Å². The normalized spacial score (nSPS) is 56.4. The van der Waals surface area contributed by atoms with E-state index in [4.69, 9.17) is 23.2 Å². The predicted octanol–water partition coefficient (Wildman–Crippen LogP) is 0.740. The summed E-state index contributed by atoms with van der Waals surface area (Å²) in [6.07, 6.45) is 1.09. The lowest BCUT2D eigenvalue weighted by Crippen LogP contribution is -2.53. The summed E-state index contributed by atoms with van der Waals surface area (Å²) in [5, 5.41) is 0. The van der Waals surface area contributed by atoms with E-state index in [-0.39, 0.29) is 11.5 Å². The average Bonchev–Trinajstić information content (AvgIpc) is 2.32. The van der Waals surface area contributed by atoms with E-state index in [9.17, 15) is 16.8 Å². The van der Waals surface area contributed by atoms with Gasteiger partial charge in [0.2, 0.25) is 0 Å². The molecule has 0 aromatic carbocycles. The van der Waals surface area contributed by atoms with Gasteiger partial charge in [-0.2, -0.15) is 0 Å². The Bertz CT molecular complexity index is 517.